The van der Waals surface area contributed by atoms with Crippen LogP contribution in [0.15, 0.2) is 24.5 Å². The fraction of sp³-hybridized carbons (Fsp3) is 0.368. The third kappa shape index (κ3) is 2.46. The van der Waals surface area contributed by atoms with E-state index in [1.54, 1.807) is 11.3 Å². The van der Waals surface area contributed by atoms with Crippen LogP contribution in [0.3, 0.4) is 0 Å². The predicted molar refractivity (Wildman–Crippen MR) is 102 cm³/mol. The number of aromatic nitrogens is 6. The molecule has 0 N–H and O–H groups in total. The highest BCUT2D eigenvalue weighted by molar-refractivity contribution is 7.21. The van der Waals surface area contributed by atoms with Gasteiger partial charge >= 0.3 is 0 Å². The molecule has 4 aromatic heterocycles. The van der Waals surface area contributed by atoms with E-state index >= 15 is 0 Å². The third-order valence-electron chi connectivity index (χ3n) is 5.13. The van der Waals surface area contributed by atoms with Crippen molar-refractivity contribution in [1.29, 1.82) is 0 Å². The van der Waals surface area contributed by atoms with Crippen LogP contribution in [0.5, 0.6) is 0 Å². The first-order valence-electron chi connectivity index (χ1n) is 8.77. The van der Waals surface area contributed by atoms with Crippen LogP contribution in [0.4, 0.5) is 0 Å². The SMILES string of the molecule is Cc1cc(C)c2nc(-c3cc(C4CC4c4cnn(C)c4)nn3C)sc2n1. The van der Waals surface area contributed by atoms with Gasteiger partial charge in [0.25, 0.3) is 0 Å². The van der Waals surface area contributed by atoms with E-state index in [1.807, 2.05) is 36.6 Å². The summed E-state index contributed by atoms with van der Waals surface area (Å²) in [6.07, 6.45) is 5.22. The van der Waals surface area contributed by atoms with Crippen molar-refractivity contribution >= 4 is 21.7 Å². The molecule has 1 fully saturated rings. The van der Waals surface area contributed by atoms with Crippen LogP contribution in [-0.2, 0) is 14.1 Å². The van der Waals surface area contributed by atoms with Crippen LogP contribution in [0.2, 0.25) is 0 Å². The molecule has 0 spiro atoms. The highest BCUT2D eigenvalue weighted by Crippen LogP contribution is 2.54. The molecule has 0 aliphatic heterocycles. The summed E-state index contributed by atoms with van der Waals surface area (Å²) in [4.78, 5) is 10.5. The molecule has 0 bridgehead atoms. The van der Waals surface area contributed by atoms with Gasteiger partial charge in [0.15, 0.2) is 0 Å². The van der Waals surface area contributed by atoms with Gasteiger partial charge in [-0.3, -0.25) is 9.36 Å². The van der Waals surface area contributed by atoms with E-state index in [9.17, 15) is 0 Å². The summed E-state index contributed by atoms with van der Waals surface area (Å²) in [7, 11) is 3.96. The molecule has 1 aliphatic rings. The van der Waals surface area contributed by atoms with Crippen LogP contribution in [0, 0.1) is 13.8 Å². The lowest BCUT2D eigenvalue weighted by Gasteiger charge is -1.95. The smallest absolute Gasteiger partial charge is 0.144 e. The maximum atomic E-state index is 4.84. The Bertz CT molecular complexity index is 1130. The lowest BCUT2D eigenvalue weighted by molar-refractivity contribution is 0.746. The van der Waals surface area contributed by atoms with E-state index in [0.717, 1.165) is 38.9 Å². The zero-order valence-corrected chi connectivity index (χ0v) is 16.1. The van der Waals surface area contributed by atoms with Crippen LogP contribution >= 0.6 is 11.3 Å². The van der Waals surface area contributed by atoms with Gasteiger partial charge in [0.1, 0.15) is 15.4 Å². The van der Waals surface area contributed by atoms with Gasteiger partial charge in [-0.2, -0.15) is 10.2 Å². The average molecular weight is 364 g/mol. The number of fused-ring (bicyclic) bond motifs is 1. The lowest BCUT2D eigenvalue weighted by atomic mass is 10.1. The standard InChI is InChI=1S/C19H20N6S/c1-10-5-11(2)21-19-17(10)22-18(26-19)16-7-15(23-25(16)4)14-6-13(14)12-8-20-24(3)9-12/h5,7-9,13-14H,6H2,1-4H3. The van der Waals surface area contributed by atoms with Gasteiger partial charge in [0.2, 0.25) is 0 Å². The number of rotatable bonds is 3. The van der Waals surface area contributed by atoms with E-state index in [-0.39, 0.29) is 0 Å². The second-order valence-electron chi connectivity index (χ2n) is 7.23. The van der Waals surface area contributed by atoms with Gasteiger partial charge in [-0.05, 0) is 49.4 Å². The molecule has 4 aromatic rings. The Hall–Kier alpha value is -2.54. The zero-order valence-electron chi connectivity index (χ0n) is 15.3. The molecular weight excluding hydrogens is 344 g/mol. The Labute approximate surface area is 155 Å². The van der Waals surface area contributed by atoms with Crippen molar-refractivity contribution in [3.8, 4) is 10.7 Å². The van der Waals surface area contributed by atoms with Gasteiger partial charge in [-0.15, -0.1) is 0 Å². The molecule has 0 saturated heterocycles. The molecule has 1 aliphatic carbocycles. The Morgan fingerprint density at radius 3 is 2.73 bits per heavy atom. The van der Waals surface area contributed by atoms with Crippen molar-refractivity contribution in [2.24, 2.45) is 14.1 Å². The maximum Gasteiger partial charge on any atom is 0.144 e. The molecule has 132 valence electrons. The number of hydrogen-bond acceptors (Lipinski definition) is 5. The number of aryl methyl sites for hydroxylation is 4. The van der Waals surface area contributed by atoms with Crippen molar-refractivity contribution in [2.75, 3.05) is 0 Å². The number of hydrogen-bond donors (Lipinski definition) is 0. The topological polar surface area (TPSA) is 61.4 Å². The summed E-state index contributed by atoms with van der Waals surface area (Å²) in [5, 5.41) is 10.1. The molecule has 7 heteroatoms. The van der Waals surface area contributed by atoms with E-state index in [1.165, 1.54) is 11.1 Å². The zero-order chi connectivity index (χ0) is 18.0. The minimum atomic E-state index is 0.482. The first-order valence-corrected chi connectivity index (χ1v) is 9.59. The van der Waals surface area contributed by atoms with E-state index in [0.29, 0.717) is 11.8 Å². The molecule has 4 heterocycles. The minimum absolute atomic E-state index is 0.482. The molecule has 2 unspecified atom stereocenters. The quantitative estimate of drug-likeness (QED) is 0.556. The van der Waals surface area contributed by atoms with Crippen molar-refractivity contribution in [1.82, 2.24) is 29.5 Å². The molecule has 26 heavy (non-hydrogen) atoms. The summed E-state index contributed by atoms with van der Waals surface area (Å²) >= 11 is 1.64. The van der Waals surface area contributed by atoms with Crippen LogP contribution in [-0.4, -0.2) is 29.5 Å². The van der Waals surface area contributed by atoms with Gasteiger partial charge in [-0.1, -0.05) is 11.3 Å². The van der Waals surface area contributed by atoms with Crippen LogP contribution < -0.4 is 0 Å². The molecule has 5 rings (SSSR count). The monoisotopic (exact) mass is 364 g/mol. The van der Waals surface area contributed by atoms with Crippen molar-refractivity contribution in [3.05, 3.63) is 47.0 Å². The largest absolute Gasteiger partial charge is 0.276 e. The molecule has 6 nitrogen and oxygen atoms in total. The summed E-state index contributed by atoms with van der Waals surface area (Å²) in [5.74, 6) is 1.02. The van der Waals surface area contributed by atoms with Crippen molar-refractivity contribution in [3.63, 3.8) is 0 Å². The summed E-state index contributed by atoms with van der Waals surface area (Å²) in [6, 6.07) is 4.28. The lowest BCUT2D eigenvalue weighted by Crippen LogP contribution is -1.94. The first-order chi connectivity index (χ1) is 12.5. The first kappa shape index (κ1) is 15.7. The second-order valence-corrected chi connectivity index (χ2v) is 8.20. The van der Waals surface area contributed by atoms with Crippen molar-refractivity contribution in [2.45, 2.75) is 32.1 Å². The maximum absolute atomic E-state index is 4.84. The van der Waals surface area contributed by atoms with Crippen LogP contribution in [0.1, 0.15) is 40.8 Å². The molecule has 0 aromatic carbocycles. The average Bonchev–Trinajstić information content (AvgIpc) is 2.90. The molecule has 1 saturated carbocycles. The van der Waals surface area contributed by atoms with E-state index < -0.39 is 0 Å². The Kier molecular flexibility index (Phi) is 3.31. The number of pyridine rings is 1. The minimum Gasteiger partial charge on any atom is -0.276 e. The van der Waals surface area contributed by atoms with Gasteiger partial charge in [-0.25, -0.2) is 9.97 Å². The second kappa shape index (κ2) is 5.48. The predicted octanol–water partition coefficient (Wildman–Crippen LogP) is 3.71. The summed E-state index contributed by atoms with van der Waals surface area (Å²) in [6.45, 7) is 4.12. The molecule has 0 radical (unpaired) electrons. The van der Waals surface area contributed by atoms with E-state index in [4.69, 9.17) is 10.1 Å². The fourth-order valence-electron chi connectivity index (χ4n) is 3.72. The number of nitrogens with zero attached hydrogens (tertiary/aromatic N) is 6. The Morgan fingerprint density at radius 1 is 1.12 bits per heavy atom. The fourth-order valence-corrected chi connectivity index (χ4v) is 4.83. The molecule has 0 amide bonds. The normalized spacial score (nSPS) is 19.4. The Balaban J connectivity index is 1.49. The van der Waals surface area contributed by atoms with Gasteiger partial charge < -0.3 is 0 Å². The highest BCUT2D eigenvalue weighted by Gasteiger charge is 2.42. The Morgan fingerprint density at radius 2 is 1.96 bits per heavy atom. The molecule has 2 atom stereocenters. The summed E-state index contributed by atoms with van der Waals surface area (Å²) in [5.41, 5.74) is 6.73. The van der Waals surface area contributed by atoms with E-state index in [2.05, 4.69) is 35.3 Å². The van der Waals surface area contributed by atoms with Crippen molar-refractivity contribution < 1.29 is 0 Å². The highest BCUT2D eigenvalue weighted by atomic mass is 32.1. The van der Waals surface area contributed by atoms with Crippen LogP contribution in [0.25, 0.3) is 21.0 Å². The third-order valence-corrected chi connectivity index (χ3v) is 6.10. The molecular formula is C19H20N6S. The summed E-state index contributed by atoms with van der Waals surface area (Å²) < 4.78 is 3.82. The van der Waals surface area contributed by atoms with Gasteiger partial charge in [0.05, 0.1) is 17.6 Å². The van der Waals surface area contributed by atoms with Gasteiger partial charge in [0, 0.05) is 31.9 Å². The number of thiazole rings is 1.